The molecule has 0 aromatic heterocycles. The lowest BCUT2D eigenvalue weighted by atomic mass is 10.1. The monoisotopic (exact) mass is 490 g/mol. The minimum atomic E-state index is -0.986. The van der Waals surface area contributed by atoms with Crippen molar-refractivity contribution >= 4 is 45.9 Å². The molecule has 0 radical (unpaired) electrons. The molecule has 0 saturated carbocycles. The van der Waals surface area contributed by atoms with Crippen molar-refractivity contribution in [3.63, 3.8) is 0 Å². The summed E-state index contributed by atoms with van der Waals surface area (Å²) < 4.78 is 0. The Kier molecular flexibility index (Phi) is 6.62. The van der Waals surface area contributed by atoms with Crippen LogP contribution < -0.4 is 26.7 Å². The number of nitro groups is 3. The Bertz CT molecular complexity index is 1260. The first kappa shape index (κ1) is 24.6. The molecule has 2 fully saturated rings. The summed E-state index contributed by atoms with van der Waals surface area (Å²) in [5, 5.41) is 41.3. The zero-order valence-electron chi connectivity index (χ0n) is 17.7. The Morgan fingerprint density at radius 2 is 1.14 bits per heavy atom. The van der Waals surface area contributed by atoms with Gasteiger partial charge in [0, 0.05) is 32.2 Å². The van der Waals surface area contributed by atoms with Crippen LogP contribution >= 0.6 is 0 Å². The number of carbonyl (C=O) groups is 2. The van der Waals surface area contributed by atoms with Crippen molar-refractivity contribution in [1.29, 1.82) is 0 Å². The summed E-state index contributed by atoms with van der Waals surface area (Å²) in [6.45, 7) is 2.75. The maximum Gasteiger partial charge on any atom is 0.299 e. The third-order valence-corrected chi connectivity index (χ3v) is 5.02. The molecule has 17 nitrogen and oxygen atoms in total. The van der Waals surface area contributed by atoms with Crippen molar-refractivity contribution in [2.75, 3.05) is 41.5 Å². The van der Waals surface area contributed by atoms with E-state index < -0.39 is 43.6 Å². The van der Waals surface area contributed by atoms with Crippen molar-refractivity contribution < 1.29 is 29.6 Å². The largest absolute Gasteiger partial charge is 0.366 e. The number of hydrogen-bond acceptors (Lipinski definition) is 12. The second-order valence-corrected chi connectivity index (χ2v) is 7.33. The number of nitrogens with one attached hydrogen (secondary N) is 1. The van der Waals surface area contributed by atoms with Gasteiger partial charge in [-0.1, -0.05) is 0 Å². The van der Waals surface area contributed by atoms with Crippen molar-refractivity contribution in [1.82, 2.24) is 0 Å². The Morgan fingerprint density at radius 1 is 0.743 bits per heavy atom. The van der Waals surface area contributed by atoms with Crippen LogP contribution in [-0.2, 0) is 0 Å². The molecule has 4 rings (SSSR count). The van der Waals surface area contributed by atoms with E-state index in [0.29, 0.717) is 18.8 Å². The molecular formula is C18H18N8O9. The third-order valence-electron chi connectivity index (χ3n) is 5.02. The van der Waals surface area contributed by atoms with Gasteiger partial charge in [-0.05, 0) is 12.1 Å². The Morgan fingerprint density at radius 3 is 1.51 bits per heavy atom. The normalized spacial score (nSPS) is 13.3. The van der Waals surface area contributed by atoms with Crippen LogP contribution in [0.2, 0.25) is 0 Å². The first-order valence-corrected chi connectivity index (χ1v) is 9.75. The summed E-state index contributed by atoms with van der Waals surface area (Å²) in [7, 11) is 0. The molecule has 2 aliphatic heterocycles. The molecule has 2 aliphatic rings. The molecule has 0 atom stereocenters. The minimum Gasteiger partial charge on any atom is -0.366 e. The van der Waals surface area contributed by atoms with Crippen molar-refractivity contribution in [3.05, 3.63) is 65.7 Å². The molecular weight excluding hydrogens is 472 g/mol. The lowest BCUT2D eigenvalue weighted by Gasteiger charge is -2.11. The molecule has 0 spiro atoms. The average Bonchev–Trinajstić information content (AvgIpc) is 3.70. The predicted molar refractivity (Wildman–Crippen MR) is 120 cm³/mol. The molecule has 184 valence electrons. The second-order valence-electron chi connectivity index (χ2n) is 7.33. The van der Waals surface area contributed by atoms with Gasteiger partial charge in [-0.25, -0.2) is 0 Å². The van der Waals surface area contributed by atoms with Gasteiger partial charge in [0.1, 0.15) is 16.8 Å². The number of amides is 2. The zero-order valence-corrected chi connectivity index (χ0v) is 17.7. The lowest BCUT2D eigenvalue weighted by molar-refractivity contribution is -0.393. The number of primary amides is 2. The van der Waals surface area contributed by atoms with E-state index in [1.165, 1.54) is 6.07 Å². The van der Waals surface area contributed by atoms with Crippen LogP contribution in [0, 0.1) is 30.3 Å². The number of nitro benzene ring substituents is 3. The highest BCUT2D eigenvalue weighted by Crippen LogP contribution is 2.38. The molecule has 6 N–H and O–H groups in total. The standard InChI is InChI=1S/C9H8N4O5.C9H10N4O4/c10-9(14)5-3-7(11-1-2-11)8(13(17)18)4-6(5)12(15)16;10-9(14)5-3-8(12-1-2-12)6(11-15)4-7(5)13(16)17/h3-4H,1-2H2,(H2,10,14);3-4,11,15H,1-2H2,(H2,10,14). The molecule has 0 aliphatic carbocycles. The number of nitrogens with two attached hydrogens (primary N) is 2. The first-order chi connectivity index (χ1) is 16.5. The van der Waals surface area contributed by atoms with E-state index in [1.54, 1.807) is 4.90 Å². The van der Waals surface area contributed by atoms with Crippen LogP contribution in [0.15, 0.2) is 24.3 Å². The van der Waals surface area contributed by atoms with E-state index in [2.05, 4.69) is 0 Å². The van der Waals surface area contributed by atoms with E-state index >= 15 is 0 Å². The van der Waals surface area contributed by atoms with Gasteiger partial charge < -0.3 is 21.3 Å². The fraction of sp³-hybridized carbons (Fsp3) is 0.222. The summed E-state index contributed by atoms with van der Waals surface area (Å²) in [6.07, 6.45) is 0. The van der Waals surface area contributed by atoms with Gasteiger partial charge >= 0.3 is 0 Å². The number of anilines is 3. The SMILES string of the molecule is NC(=O)c1cc(N2CC2)c(NO)cc1[N+](=O)[O-].NC(=O)c1cc(N2CC2)c([N+](=O)[O-])cc1[N+](=O)[O-]. The van der Waals surface area contributed by atoms with Crippen molar-refractivity contribution in [2.45, 2.75) is 0 Å². The van der Waals surface area contributed by atoms with Crippen LogP contribution in [0.25, 0.3) is 0 Å². The lowest BCUT2D eigenvalue weighted by Crippen LogP contribution is -2.14. The summed E-state index contributed by atoms with van der Waals surface area (Å²) in [4.78, 5) is 55.8. The summed E-state index contributed by atoms with van der Waals surface area (Å²) in [5.41, 5.74) is 10.9. The van der Waals surface area contributed by atoms with Crippen LogP contribution in [0.1, 0.15) is 20.7 Å². The maximum absolute atomic E-state index is 11.1. The van der Waals surface area contributed by atoms with Crippen LogP contribution in [0.4, 0.5) is 34.1 Å². The van der Waals surface area contributed by atoms with E-state index in [-0.39, 0.29) is 22.5 Å². The number of hydrogen-bond donors (Lipinski definition) is 4. The molecule has 2 aromatic rings. The zero-order chi connectivity index (χ0) is 26.0. The predicted octanol–water partition coefficient (Wildman–Crippen LogP) is 0.737. The van der Waals surface area contributed by atoms with Gasteiger partial charge in [-0.2, -0.15) is 0 Å². The Hall–Kier alpha value is -5.06. The molecule has 17 heteroatoms. The maximum atomic E-state index is 11.1. The number of nitrogens with zero attached hydrogens (tertiary/aromatic N) is 5. The summed E-state index contributed by atoms with van der Waals surface area (Å²) in [5.74, 6) is -1.86. The summed E-state index contributed by atoms with van der Waals surface area (Å²) in [6, 6.07) is 4.28. The quantitative estimate of drug-likeness (QED) is 0.227. The molecule has 0 unspecified atom stereocenters. The highest BCUT2D eigenvalue weighted by atomic mass is 16.6. The number of rotatable bonds is 8. The fourth-order valence-electron chi connectivity index (χ4n) is 3.17. The van der Waals surface area contributed by atoms with Gasteiger partial charge in [0.25, 0.3) is 28.9 Å². The van der Waals surface area contributed by atoms with Gasteiger partial charge in [0.2, 0.25) is 0 Å². The summed E-state index contributed by atoms with van der Waals surface area (Å²) >= 11 is 0. The number of benzene rings is 2. The molecule has 0 bridgehead atoms. The van der Waals surface area contributed by atoms with Crippen molar-refractivity contribution in [3.8, 4) is 0 Å². The van der Waals surface area contributed by atoms with E-state index in [4.69, 9.17) is 16.7 Å². The molecule has 2 saturated heterocycles. The molecule has 2 aromatic carbocycles. The molecule has 2 heterocycles. The van der Waals surface area contributed by atoms with Gasteiger partial charge in [0.05, 0.1) is 32.2 Å². The van der Waals surface area contributed by atoms with Crippen LogP contribution in [-0.4, -0.2) is 58.0 Å². The van der Waals surface area contributed by atoms with E-state index in [9.17, 15) is 39.9 Å². The fourth-order valence-corrected chi connectivity index (χ4v) is 3.17. The highest BCUT2D eigenvalue weighted by Gasteiger charge is 2.33. The minimum absolute atomic E-state index is 0.170. The highest BCUT2D eigenvalue weighted by molar-refractivity contribution is 6.00. The first-order valence-electron chi connectivity index (χ1n) is 9.75. The average molecular weight is 490 g/mol. The third kappa shape index (κ3) is 5.30. The van der Waals surface area contributed by atoms with Crippen LogP contribution in [0.5, 0.6) is 0 Å². The number of carbonyl (C=O) groups excluding carboxylic acids is 2. The Labute approximate surface area is 194 Å². The van der Waals surface area contributed by atoms with Gasteiger partial charge in [-0.15, -0.1) is 0 Å². The van der Waals surface area contributed by atoms with Crippen molar-refractivity contribution in [2.24, 2.45) is 11.5 Å². The van der Waals surface area contributed by atoms with Crippen LogP contribution in [0.3, 0.4) is 0 Å². The topological polar surface area (TPSA) is 254 Å². The smallest absolute Gasteiger partial charge is 0.299 e. The van der Waals surface area contributed by atoms with Gasteiger partial charge in [-0.3, -0.25) is 50.6 Å². The second kappa shape index (κ2) is 9.43. The Balaban J connectivity index is 0.000000196. The van der Waals surface area contributed by atoms with Gasteiger partial charge in [0.15, 0.2) is 0 Å². The molecule has 2 amide bonds. The molecule has 35 heavy (non-hydrogen) atoms. The van der Waals surface area contributed by atoms with E-state index in [0.717, 1.165) is 31.3 Å². The van der Waals surface area contributed by atoms with E-state index in [1.807, 2.05) is 10.4 Å².